The van der Waals surface area contributed by atoms with Gasteiger partial charge in [0.25, 0.3) is 0 Å². The molecule has 0 bridgehead atoms. The van der Waals surface area contributed by atoms with Crippen LogP contribution in [0.3, 0.4) is 0 Å². The average molecular weight is 256 g/mol. The van der Waals surface area contributed by atoms with Crippen molar-refractivity contribution in [1.82, 2.24) is 0 Å². The maximum atomic E-state index is 11.0. The topological polar surface area (TPSA) is 37.3 Å². The molecule has 3 heteroatoms. The summed E-state index contributed by atoms with van der Waals surface area (Å²) in [6.45, 7) is 1.93. The van der Waals surface area contributed by atoms with Crippen molar-refractivity contribution in [2.45, 2.75) is 6.92 Å². The molecular formula is C12H10GaO2. The zero-order valence-electron chi connectivity index (χ0n) is 8.40. The number of carbonyl (C=O) groups is 1. The largest absolute Gasteiger partial charge is 0.478 e. The molecule has 2 aromatic carbocycles. The molecule has 0 heterocycles. The molecule has 0 saturated heterocycles. The Hall–Kier alpha value is -1.19. The SMILES string of the molecule is Cc1cccc2cccc(C(=O)O)c12.[Ga]. The number of aryl methyl sites for hydroxylation is 1. The van der Waals surface area contributed by atoms with E-state index in [0.717, 1.165) is 16.3 Å². The van der Waals surface area contributed by atoms with Crippen LogP contribution in [0.2, 0.25) is 0 Å². The van der Waals surface area contributed by atoms with Gasteiger partial charge >= 0.3 is 5.97 Å². The number of carboxylic acid groups (broad SMARTS) is 1. The van der Waals surface area contributed by atoms with Gasteiger partial charge in [0.15, 0.2) is 0 Å². The van der Waals surface area contributed by atoms with Crippen LogP contribution in [0.5, 0.6) is 0 Å². The second kappa shape index (κ2) is 4.55. The molecule has 3 radical (unpaired) electrons. The average Bonchev–Trinajstić information content (AvgIpc) is 2.17. The van der Waals surface area contributed by atoms with E-state index in [4.69, 9.17) is 5.11 Å². The van der Waals surface area contributed by atoms with Crippen LogP contribution in [-0.4, -0.2) is 30.9 Å². The molecule has 2 aromatic rings. The quantitative estimate of drug-likeness (QED) is 0.795. The molecular weight excluding hydrogens is 246 g/mol. The fraction of sp³-hybridized carbons (Fsp3) is 0.0833. The second-order valence-corrected chi connectivity index (χ2v) is 3.28. The minimum absolute atomic E-state index is 0. The van der Waals surface area contributed by atoms with Gasteiger partial charge in [0.1, 0.15) is 0 Å². The maximum Gasteiger partial charge on any atom is 0.336 e. The zero-order chi connectivity index (χ0) is 10.1. The normalized spacial score (nSPS) is 9.67. The van der Waals surface area contributed by atoms with Gasteiger partial charge in [0.2, 0.25) is 0 Å². The van der Waals surface area contributed by atoms with Crippen LogP contribution in [0.1, 0.15) is 15.9 Å². The Balaban J connectivity index is 0.00000112. The summed E-state index contributed by atoms with van der Waals surface area (Å²) < 4.78 is 0. The Morgan fingerprint density at radius 1 is 1.13 bits per heavy atom. The van der Waals surface area contributed by atoms with Gasteiger partial charge in [-0.1, -0.05) is 30.3 Å². The van der Waals surface area contributed by atoms with Crippen LogP contribution in [-0.2, 0) is 0 Å². The molecule has 1 N–H and O–H groups in total. The number of aromatic carboxylic acids is 1. The third kappa shape index (κ3) is 2.08. The van der Waals surface area contributed by atoms with Crippen LogP contribution in [0.25, 0.3) is 10.8 Å². The summed E-state index contributed by atoms with van der Waals surface area (Å²) in [6, 6.07) is 11.1. The summed E-state index contributed by atoms with van der Waals surface area (Å²) in [5.74, 6) is -0.870. The molecule has 0 saturated carbocycles. The smallest absolute Gasteiger partial charge is 0.336 e. The predicted molar refractivity (Wildman–Crippen MR) is 61.4 cm³/mol. The van der Waals surface area contributed by atoms with Gasteiger partial charge in [-0.05, 0) is 29.3 Å². The van der Waals surface area contributed by atoms with Crippen molar-refractivity contribution >= 4 is 36.5 Å². The molecule has 0 aromatic heterocycles. The monoisotopic (exact) mass is 255 g/mol. The molecule has 0 aliphatic heterocycles. The minimum atomic E-state index is -0.870. The van der Waals surface area contributed by atoms with Crippen LogP contribution in [0.15, 0.2) is 36.4 Å². The summed E-state index contributed by atoms with van der Waals surface area (Å²) in [5, 5.41) is 10.8. The van der Waals surface area contributed by atoms with Crippen molar-refractivity contribution in [3.63, 3.8) is 0 Å². The molecule has 15 heavy (non-hydrogen) atoms. The van der Waals surface area contributed by atoms with Crippen molar-refractivity contribution in [2.75, 3.05) is 0 Å². The fourth-order valence-corrected chi connectivity index (χ4v) is 1.71. The van der Waals surface area contributed by atoms with Gasteiger partial charge < -0.3 is 5.11 Å². The van der Waals surface area contributed by atoms with E-state index in [1.807, 2.05) is 31.2 Å². The molecule has 0 aliphatic rings. The zero-order valence-corrected chi connectivity index (χ0v) is 10.8. The molecule has 0 aliphatic carbocycles. The first-order valence-corrected chi connectivity index (χ1v) is 4.42. The number of rotatable bonds is 1. The van der Waals surface area contributed by atoms with Gasteiger partial charge in [-0.25, -0.2) is 4.79 Å². The Morgan fingerprint density at radius 2 is 1.73 bits per heavy atom. The summed E-state index contributed by atoms with van der Waals surface area (Å²) in [4.78, 5) is 11.0. The molecule has 0 unspecified atom stereocenters. The van der Waals surface area contributed by atoms with Crippen LogP contribution >= 0.6 is 0 Å². The first kappa shape index (κ1) is 11.9. The van der Waals surface area contributed by atoms with E-state index in [0.29, 0.717) is 5.56 Å². The van der Waals surface area contributed by atoms with Crippen molar-refractivity contribution in [2.24, 2.45) is 0 Å². The Morgan fingerprint density at radius 3 is 2.33 bits per heavy atom. The molecule has 2 nitrogen and oxygen atoms in total. The summed E-state index contributed by atoms with van der Waals surface area (Å²) in [7, 11) is 0. The van der Waals surface area contributed by atoms with Gasteiger partial charge in [-0.2, -0.15) is 0 Å². The second-order valence-electron chi connectivity index (χ2n) is 3.28. The number of hydrogen-bond acceptors (Lipinski definition) is 1. The van der Waals surface area contributed by atoms with E-state index >= 15 is 0 Å². The third-order valence-corrected chi connectivity index (χ3v) is 2.34. The van der Waals surface area contributed by atoms with E-state index in [1.54, 1.807) is 12.1 Å². The first-order chi connectivity index (χ1) is 6.70. The van der Waals surface area contributed by atoms with Crippen molar-refractivity contribution in [3.05, 3.63) is 47.5 Å². The number of carboxylic acids is 1. The van der Waals surface area contributed by atoms with Gasteiger partial charge in [0.05, 0.1) is 5.56 Å². The summed E-state index contributed by atoms with van der Waals surface area (Å²) >= 11 is 0. The predicted octanol–water partition coefficient (Wildman–Crippen LogP) is 2.47. The Kier molecular flexibility index (Phi) is 3.60. The molecule has 0 atom stereocenters. The minimum Gasteiger partial charge on any atom is -0.478 e. The fourth-order valence-electron chi connectivity index (χ4n) is 1.71. The van der Waals surface area contributed by atoms with Gasteiger partial charge in [-0.3, -0.25) is 0 Å². The van der Waals surface area contributed by atoms with Crippen LogP contribution in [0, 0.1) is 6.92 Å². The van der Waals surface area contributed by atoms with Crippen molar-refractivity contribution in [3.8, 4) is 0 Å². The number of benzene rings is 2. The van der Waals surface area contributed by atoms with Crippen LogP contribution in [0.4, 0.5) is 0 Å². The third-order valence-electron chi connectivity index (χ3n) is 2.34. The molecule has 0 amide bonds. The molecule has 73 valence electrons. The summed E-state index contributed by atoms with van der Waals surface area (Å²) in [6.07, 6.45) is 0. The first-order valence-electron chi connectivity index (χ1n) is 4.42. The molecule has 0 spiro atoms. The van der Waals surface area contributed by atoms with E-state index in [1.165, 1.54) is 0 Å². The van der Waals surface area contributed by atoms with Crippen LogP contribution < -0.4 is 0 Å². The van der Waals surface area contributed by atoms with E-state index in [-0.39, 0.29) is 19.8 Å². The molecule has 0 fully saturated rings. The Labute approximate surface area is 101 Å². The number of hydrogen-bond donors (Lipinski definition) is 1. The van der Waals surface area contributed by atoms with E-state index in [2.05, 4.69) is 0 Å². The maximum absolute atomic E-state index is 11.0. The van der Waals surface area contributed by atoms with Crippen molar-refractivity contribution in [1.29, 1.82) is 0 Å². The van der Waals surface area contributed by atoms with E-state index < -0.39 is 5.97 Å². The number of fused-ring (bicyclic) bond motifs is 1. The van der Waals surface area contributed by atoms with E-state index in [9.17, 15) is 4.79 Å². The van der Waals surface area contributed by atoms with Gasteiger partial charge in [0, 0.05) is 19.8 Å². The van der Waals surface area contributed by atoms with Crippen molar-refractivity contribution < 1.29 is 9.90 Å². The Bertz CT molecular complexity index is 501. The molecule has 2 rings (SSSR count). The van der Waals surface area contributed by atoms with Gasteiger partial charge in [-0.15, -0.1) is 0 Å². The standard InChI is InChI=1S/C12H10O2.Ga/c1-8-4-2-5-9-6-3-7-10(11(8)9)12(13)14;/h2-7H,1H3,(H,13,14);. The summed E-state index contributed by atoms with van der Waals surface area (Å²) in [5.41, 5.74) is 1.38.